The van der Waals surface area contributed by atoms with Gasteiger partial charge in [0.2, 0.25) is 0 Å². The van der Waals surface area contributed by atoms with Crippen molar-refractivity contribution in [3.05, 3.63) is 0 Å². The van der Waals surface area contributed by atoms with Crippen LogP contribution >= 0.6 is 0 Å². The molecule has 1 fully saturated rings. The van der Waals surface area contributed by atoms with E-state index in [1.54, 1.807) is 0 Å². The number of carboxylic acid groups (broad SMARTS) is 1. The number of ether oxygens (including phenoxy) is 1. The molecule has 0 aromatic rings. The fraction of sp³-hybridized carbons (Fsp3) is 0.900. The minimum Gasteiger partial charge on any atom is -0.480 e. The zero-order valence-corrected chi connectivity index (χ0v) is 8.45. The molecule has 14 heavy (non-hydrogen) atoms. The summed E-state index contributed by atoms with van der Waals surface area (Å²) in [5.74, 6) is 0.323. The molecule has 0 aromatic heterocycles. The van der Waals surface area contributed by atoms with Crippen LogP contribution in [0, 0.1) is 11.8 Å². The molecule has 1 aliphatic carbocycles. The van der Waals surface area contributed by atoms with E-state index in [1.807, 2.05) is 0 Å². The van der Waals surface area contributed by atoms with Crippen LogP contribution in [-0.4, -0.2) is 30.8 Å². The molecule has 0 saturated heterocycles. The van der Waals surface area contributed by atoms with Crippen LogP contribution in [0.5, 0.6) is 0 Å². The van der Waals surface area contributed by atoms with Gasteiger partial charge in [0.25, 0.3) is 0 Å². The Hall–Kier alpha value is -0.610. The standard InChI is InChI=1S/C10H19NO3/c11-5-8-1-3-9(4-2-8)6-14-7-10(12)13/h8-9H,1-7,11H2,(H,12,13). The van der Waals surface area contributed by atoms with Gasteiger partial charge >= 0.3 is 5.97 Å². The number of hydrogen-bond acceptors (Lipinski definition) is 3. The van der Waals surface area contributed by atoms with Crippen molar-refractivity contribution in [2.24, 2.45) is 17.6 Å². The van der Waals surface area contributed by atoms with Gasteiger partial charge in [0.1, 0.15) is 6.61 Å². The average molecular weight is 201 g/mol. The maximum atomic E-state index is 10.2. The van der Waals surface area contributed by atoms with Crippen LogP contribution in [0.1, 0.15) is 25.7 Å². The van der Waals surface area contributed by atoms with Gasteiger partial charge in [0.05, 0.1) is 6.61 Å². The lowest BCUT2D eigenvalue weighted by Gasteiger charge is -2.27. The quantitative estimate of drug-likeness (QED) is 0.691. The summed E-state index contributed by atoms with van der Waals surface area (Å²) in [4.78, 5) is 10.2. The first-order valence-corrected chi connectivity index (χ1v) is 5.22. The molecule has 1 rings (SSSR count). The van der Waals surface area contributed by atoms with Crippen molar-refractivity contribution >= 4 is 5.97 Å². The van der Waals surface area contributed by atoms with E-state index in [0.717, 1.165) is 32.2 Å². The van der Waals surface area contributed by atoms with Crippen LogP contribution in [0.3, 0.4) is 0 Å². The highest BCUT2D eigenvalue weighted by Gasteiger charge is 2.20. The van der Waals surface area contributed by atoms with Crippen molar-refractivity contribution in [3.63, 3.8) is 0 Å². The van der Waals surface area contributed by atoms with Gasteiger partial charge in [-0.15, -0.1) is 0 Å². The molecule has 4 nitrogen and oxygen atoms in total. The van der Waals surface area contributed by atoms with Crippen LogP contribution in [0.25, 0.3) is 0 Å². The van der Waals surface area contributed by atoms with Gasteiger partial charge in [0, 0.05) is 0 Å². The Balaban J connectivity index is 2.07. The summed E-state index contributed by atoms with van der Waals surface area (Å²) in [5.41, 5.74) is 5.58. The molecule has 0 aliphatic heterocycles. The van der Waals surface area contributed by atoms with Crippen molar-refractivity contribution in [1.29, 1.82) is 0 Å². The summed E-state index contributed by atoms with van der Waals surface area (Å²) in [6, 6.07) is 0. The Morgan fingerprint density at radius 2 is 1.86 bits per heavy atom. The van der Waals surface area contributed by atoms with Crippen LogP contribution in [0.15, 0.2) is 0 Å². The van der Waals surface area contributed by atoms with Crippen LogP contribution in [0.4, 0.5) is 0 Å². The molecular weight excluding hydrogens is 182 g/mol. The normalized spacial score (nSPS) is 27.5. The van der Waals surface area contributed by atoms with Gasteiger partial charge in [-0.1, -0.05) is 0 Å². The third-order valence-corrected chi connectivity index (χ3v) is 2.88. The van der Waals surface area contributed by atoms with Gasteiger partial charge in [0.15, 0.2) is 0 Å². The van der Waals surface area contributed by atoms with E-state index in [1.165, 1.54) is 0 Å². The van der Waals surface area contributed by atoms with E-state index in [2.05, 4.69) is 0 Å². The van der Waals surface area contributed by atoms with Crippen LogP contribution in [0.2, 0.25) is 0 Å². The Kier molecular flexibility index (Phi) is 4.90. The summed E-state index contributed by atoms with van der Waals surface area (Å²) in [6.07, 6.45) is 4.58. The van der Waals surface area contributed by atoms with E-state index in [9.17, 15) is 4.79 Å². The van der Waals surface area contributed by atoms with Crippen molar-refractivity contribution < 1.29 is 14.6 Å². The van der Waals surface area contributed by atoms with E-state index in [4.69, 9.17) is 15.6 Å². The van der Waals surface area contributed by atoms with E-state index >= 15 is 0 Å². The molecule has 4 heteroatoms. The third-order valence-electron chi connectivity index (χ3n) is 2.88. The summed E-state index contributed by atoms with van der Waals surface area (Å²) in [7, 11) is 0. The first-order chi connectivity index (χ1) is 6.72. The summed E-state index contributed by atoms with van der Waals surface area (Å²) in [6.45, 7) is 1.20. The fourth-order valence-corrected chi connectivity index (χ4v) is 1.95. The minimum atomic E-state index is -0.888. The maximum absolute atomic E-state index is 10.2. The van der Waals surface area contributed by atoms with Crippen LogP contribution < -0.4 is 5.73 Å². The molecule has 0 spiro atoms. The lowest BCUT2D eigenvalue weighted by Crippen LogP contribution is -2.24. The highest BCUT2D eigenvalue weighted by atomic mass is 16.5. The summed E-state index contributed by atoms with van der Waals surface area (Å²) >= 11 is 0. The van der Waals surface area contributed by atoms with E-state index in [-0.39, 0.29) is 6.61 Å². The van der Waals surface area contributed by atoms with Crippen molar-refractivity contribution in [2.75, 3.05) is 19.8 Å². The number of hydrogen-bond donors (Lipinski definition) is 2. The molecule has 0 radical (unpaired) electrons. The Bertz CT molecular complexity index is 176. The second-order valence-electron chi connectivity index (χ2n) is 4.03. The highest BCUT2D eigenvalue weighted by Crippen LogP contribution is 2.27. The Morgan fingerprint density at radius 1 is 1.29 bits per heavy atom. The maximum Gasteiger partial charge on any atom is 0.329 e. The number of carbonyl (C=O) groups is 1. The lowest BCUT2D eigenvalue weighted by atomic mass is 9.82. The third kappa shape index (κ3) is 4.07. The first-order valence-electron chi connectivity index (χ1n) is 5.22. The molecule has 0 aromatic carbocycles. The van der Waals surface area contributed by atoms with Gasteiger partial charge in [-0.25, -0.2) is 4.79 Å². The minimum absolute atomic E-state index is 0.170. The zero-order valence-electron chi connectivity index (χ0n) is 8.45. The molecule has 0 atom stereocenters. The predicted molar refractivity (Wildman–Crippen MR) is 53.0 cm³/mol. The monoisotopic (exact) mass is 201 g/mol. The van der Waals surface area contributed by atoms with E-state index < -0.39 is 5.97 Å². The SMILES string of the molecule is NCC1CCC(COCC(=O)O)CC1. The van der Waals surface area contributed by atoms with Gasteiger partial charge in [-0.05, 0) is 44.1 Å². The Morgan fingerprint density at radius 3 is 2.36 bits per heavy atom. The molecule has 1 saturated carbocycles. The predicted octanol–water partition coefficient (Wildman–Crippen LogP) is 0.853. The smallest absolute Gasteiger partial charge is 0.329 e. The average Bonchev–Trinajstić information content (AvgIpc) is 2.18. The molecular formula is C10H19NO3. The fourth-order valence-electron chi connectivity index (χ4n) is 1.95. The van der Waals surface area contributed by atoms with Gasteiger partial charge in [-0.2, -0.15) is 0 Å². The molecule has 82 valence electrons. The second-order valence-corrected chi connectivity index (χ2v) is 4.03. The van der Waals surface area contributed by atoms with Crippen molar-refractivity contribution in [1.82, 2.24) is 0 Å². The molecule has 0 unspecified atom stereocenters. The van der Waals surface area contributed by atoms with Crippen molar-refractivity contribution in [3.8, 4) is 0 Å². The van der Waals surface area contributed by atoms with Crippen LogP contribution in [-0.2, 0) is 9.53 Å². The largest absolute Gasteiger partial charge is 0.480 e. The number of carboxylic acids is 1. The molecule has 0 amide bonds. The molecule has 3 N–H and O–H groups in total. The van der Waals surface area contributed by atoms with Gasteiger partial charge in [-0.3, -0.25) is 0 Å². The highest BCUT2D eigenvalue weighted by molar-refractivity contribution is 5.67. The topological polar surface area (TPSA) is 72.5 Å². The molecule has 0 heterocycles. The first kappa shape index (κ1) is 11.5. The van der Waals surface area contributed by atoms with Gasteiger partial charge < -0.3 is 15.6 Å². The van der Waals surface area contributed by atoms with E-state index in [0.29, 0.717) is 18.4 Å². The lowest BCUT2D eigenvalue weighted by molar-refractivity contribution is -0.142. The Labute approximate surface area is 84.4 Å². The number of aliphatic carboxylic acids is 1. The second kappa shape index (κ2) is 5.98. The summed E-state index contributed by atoms with van der Waals surface area (Å²) < 4.78 is 5.07. The number of rotatable bonds is 5. The zero-order chi connectivity index (χ0) is 10.4. The summed E-state index contributed by atoms with van der Waals surface area (Å²) in [5, 5.41) is 8.38. The number of nitrogens with two attached hydrogens (primary N) is 1. The van der Waals surface area contributed by atoms with Crippen molar-refractivity contribution in [2.45, 2.75) is 25.7 Å². The molecule has 0 bridgehead atoms. The molecule has 1 aliphatic rings.